The number of benzene rings is 2. The van der Waals surface area contributed by atoms with Gasteiger partial charge in [0.25, 0.3) is 5.56 Å². The van der Waals surface area contributed by atoms with Gasteiger partial charge in [0, 0.05) is 11.8 Å². The van der Waals surface area contributed by atoms with E-state index in [1.165, 1.54) is 37.3 Å². The summed E-state index contributed by atoms with van der Waals surface area (Å²) < 4.78 is 47.8. The quantitative estimate of drug-likeness (QED) is 0.684. The molecule has 0 spiro atoms. The van der Waals surface area contributed by atoms with Crippen LogP contribution in [0, 0.1) is 24.4 Å². The van der Waals surface area contributed by atoms with Gasteiger partial charge in [-0.05, 0) is 42.3 Å². The maximum absolute atomic E-state index is 14.1. The van der Waals surface area contributed by atoms with Crippen molar-refractivity contribution in [3.63, 3.8) is 0 Å². The Hall–Kier alpha value is -2.77. The zero-order valence-corrected chi connectivity index (χ0v) is 15.4. The maximum atomic E-state index is 14.1. The number of para-hydroxylation sites is 1. The molecule has 0 saturated heterocycles. The molecule has 0 amide bonds. The summed E-state index contributed by atoms with van der Waals surface area (Å²) in [7, 11) is 0. The van der Waals surface area contributed by atoms with Crippen LogP contribution >= 0.6 is 11.6 Å². The maximum Gasteiger partial charge on any atom is 0.278 e. The molecule has 8 heteroatoms. The Balaban J connectivity index is 1.99. The van der Waals surface area contributed by atoms with Crippen molar-refractivity contribution in [1.82, 2.24) is 4.57 Å². The van der Waals surface area contributed by atoms with Crippen molar-refractivity contribution >= 4 is 11.6 Å². The minimum absolute atomic E-state index is 0.00498. The summed E-state index contributed by atoms with van der Waals surface area (Å²) in [6, 6.07) is 8.46. The number of hydrogen-bond acceptors (Lipinski definition) is 3. The van der Waals surface area contributed by atoms with Crippen LogP contribution in [0.25, 0.3) is 5.69 Å². The van der Waals surface area contributed by atoms with Crippen LogP contribution in [0.3, 0.4) is 0 Å². The van der Waals surface area contributed by atoms with Gasteiger partial charge in [0.1, 0.15) is 40.5 Å². The lowest BCUT2D eigenvalue weighted by atomic mass is 10.1. The lowest BCUT2D eigenvalue weighted by molar-refractivity contribution is 0.268. The topological polar surface area (TPSA) is 51.5 Å². The molecule has 3 rings (SSSR count). The minimum atomic E-state index is -0.908. The van der Waals surface area contributed by atoms with E-state index in [9.17, 15) is 23.1 Å². The third kappa shape index (κ3) is 3.76. The molecule has 0 saturated carbocycles. The smallest absolute Gasteiger partial charge is 0.278 e. The molecule has 0 unspecified atom stereocenters. The zero-order chi connectivity index (χ0) is 20.4. The molecule has 1 heterocycles. The fourth-order valence-corrected chi connectivity index (χ4v) is 3.00. The Morgan fingerprint density at radius 1 is 1.07 bits per heavy atom. The second-order valence-corrected chi connectivity index (χ2v) is 6.41. The van der Waals surface area contributed by atoms with Crippen LogP contribution in [0.4, 0.5) is 13.2 Å². The van der Waals surface area contributed by atoms with E-state index in [2.05, 4.69) is 0 Å². The molecule has 1 aromatic heterocycles. The normalized spacial score (nSPS) is 10.9. The molecule has 3 aromatic rings. The van der Waals surface area contributed by atoms with E-state index in [-0.39, 0.29) is 23.1 Å². The standard InChI is InChI=1S/C20H15ClF3NO3/c1-11-7-17(28-10-12-5-6-14(22)8-13(12)9-26)18(21)20(27)25(11)19-15(23)3-2-4-16(19)24/h2-8,26H,9-10H2,1H3. The van der Waals surface area contributed by atoms with Crippen molar-refractivity contribution in [2.75, 3.05) is 0 Å². The first-order valence-corrected chi connectivity index (χ1v) is 8.58. The number of pyridine rings is 1. The van der Waals surface area contributed by atoms with Gasteiger partial charge in [-0.15, -0.1) is 0 Å². The highest BCUT2D eigenvalue weighted by Gasteiger charge is 2.19. The lowest BCUT2D eigenvalue weighted by Crippen LogP contribution is -2.23. The molecule has 0 bridgehead atoms. The van der Waals surface area contributed by atoms with Gasteiger partial charge >= 0.3 is 0 Å². The van der Waals surface area contributed by atoms with Crippen LogP contribution in [0.2, 0.25) is 5.02 Å². The van der Waals surface area contributed by atoms with E-state index in [1.807, 2.05) is 0 Å². The molecule has 4 nitrogen and oxygen atoms in total. The predicted octanol–water partition coefficient (Wildman–Crippen LogP) is 4.29. The van der Waals surface area contributed by atoms with E-state index in [4.69, 9.17) is 16.3 Å². The molecule has 2 aromatic carbocycles. The second-order valence-electron chi connectivity index (χ2n) is 6.03. The van der Waals surface area contributed by atoms with Gasteiger partial charge in [0.05, 0.1) is 6.61 Å². The summed E-state index contributed by atoms with van der Waals surface area (Å²) in [5.41, 5.74) is -0.340. The number of aliphatic hydroxyl groups excluding tert-OH is 1. The highest BCUT2D eigenvalue weighted by Crippen LogP contribution is 2.26. The Bertz CT molecular complexity index is 1080. The number of halogens is 4. The number of aryl methyl sites for hydroxylation is 1. The fraction of sp³-hybridized carbons (Fsp3) is 0.150. The minimum Gasteiger partial charge on any atom is -0.487 e. The number of aromatic nitrogens is 1. The lowest BCUT2D eigenvalue weighted by Gasteiger charge is -2.16. The molecule has 0 atom stereocenters. The second kappa shape index (κ2) is 8.08. The average molecular weight is 410 g/mol. The van der Waals surface area contributed by atoms with Gasteiger partial charge in [0.15, 0.2) is 0 Å². The first-order chi connectivity index (χ1) is 13.3. The molecule has 146 valence electrons. The van der Waals surface area contributed by atoms with Gasteiger partial charge in [0.2, 0.25) is 0 Å². The van der Waals surface area contributed by atoms with Crippen LogP contribution in [0.5, 0.6) is 5.75 Å². The van der Waals surface area contributed by atoms with Gasteiger partial charge in [-0.25, -0.2) is 13.2 Å². The van der Waals surface area contributed by atoms with E-state index in [1.54, 1.807) is 0 Å². The van der Waals surface area contributed by atoms with E-state index in [0.29, 0.717) is 11.1 Å². The van der Waals surface area contributed by atoms with Crippen molar-refractivity contribution in [3.8, 4) is 11.4 Å². The summed E-state index contributed by atoms with van der Waals surface area (Å²) in [4.78, 5) is 12.6. The number of nitrogens with zero attached hydrogens (tertiary/aromatic N) is 1. The molecular formula is C20H15ClF3NO3. The highest BCUT2D eigenvalue weighted by molar-refractivity contribution is 6.31. The number of aliphatic hydroxyl groups is 1. The summed E-state index contributed by atoms with van der Waals surface area (Å²) in [6.07, 6.45) is 0. The van der Waals surface area contributed by atoms with Crippen LogP contribution in [-0.4, -0.2) is 9.67 Å². The Morgan fingerprint density at radius 2 is 1.75 bits per heavy atom. The van der Waals surface area contributed by atoms with Crippen LogP contribution in [0.1, 0.15) is 16.8 Å². The molecule has 0 aliphatic rings. The molecular weight excluding hydrogens is 395 g/mol. The fourth-order valence-electron chi connectivity index (χ4n) is 2.80. The number of hydrogen-bond donors (Lipinski definition) is 1. The third-order valence-electron chi connectivity index (χ3n) is 4.18. The summed E-state index contributed by atoms with van der Waals surface area (Å²) in [6.45, 7) is 0.998. The Morgan fingerprint density at radius 3 is 2.39 bits per heavy atom. The molecule has 0 aliphatic heterocycles. The van der Waals surface area contributed by atoms with Crippen LogP contribution < -0.4 is 10.3 Å². The summed E-state index contributed by atoms with van der Waals surface area (Å²) in [5, 5.41) is 8.96. The van der Waals surface area contributed by atoms with E-state index in [0.717, 1.165) is 16.7 Å². The largest absolute Gasteiger partial charge is 0.487 e. The molecule has 1 N–H and O–H groups in total. The van der Waals surface area contributed by atoms with Crippen molar-refractivity contribution in [1.29, 1.82) is 0 Å². The van der Waals surface area contributed by atoms with Crippen LogP contribution in [0.15, 0.2) is 47.3 Å². The number of ether oxygens (including phenoxy) is 1. The van der Waals surface area contributed by atoms with Crippen molar-refractivity contribution < 1.29 is 23.0 Å². The Kier molecular flexibility index (Phi) is 5.76. The van der Waals surface area contributed by atoms with Gasteiger partial charge in [-0.1, -0.05) is 23.7 Å². The predicted molar refractivity (Wildman–Crippen MR) is 98.4 cm³/mol. The van der Waals surface area contributed by atoms with Crippen molar-refractivity contribution in [3.05, 3.63) is 92.1 Å². The average Bonchev–Trinajstić information content (AvgIpc) is 2.66. The third-order valence-corrected chi connectivity index (χ3v) is 4.53. The highest BCUT2D eigenvalue weighted by atomic mass is 35.5. The molecule has 28 heavy (non-hydrogen) atoms. The van der Waals surface area contributed by atoms with Crippen molar-refractivity contribution in [2.45, 2.75) is 20.1 Å². The first-order valence-electron chi connectivity index (χ1n) is 8.21. The summed E-state index contributed by atoms with van der Waals surface area (Å²) in [5.74, 6) is -2.32. The molecule has 0 radical (unpaired) electrons. The van der Waals surface area contributed by atoms with E-state index >= 15 is 0 Å². The van der Waals surface area contributed by atoms with Gasteiger partial charge < -0.3 is 9.84 Å². The molecule has 0 aliphatic carbocycles. The zero-order valence-electron chi connectivity index (χ0n) is 14.7. The molecule has 0 fully saturated rings. The van der Waals surface area contributed by atoms with Crippen molar-refractivity contribution in [2.24, 2.45) is 0 Å². The Labute approximate surface area is 163 Å². The van der Waals surface area contributed by atoms with Gasteiger partial charge in [-0.2, -0.15) is 0 Å². The van der Waals surface area contributed by atoms with Gasteiger partial charge in [-0.3, -0.25) is 9.36 Å². The SMILES string of the molecule is Cc1cc(OCc2ccc(F)cc2CO)c(Cl)c(=O)n1-c1c(F)cccc1F. The monoisotopic (exact) mass is 409 g/mol. The first kappa shape index (κ1) is 20.0. The number of rotatable bonds is 5. The van der Waals surface area contributed by atoms with E-state index < -0.39 is 35.3 Å². The summed E-state index contributed by atoms with van der Waals surface area (Å²) >= 11 is 6.08. The van der Waals surface area contributed by atoms with Crippen LogP contribution in [-0.2, 0) is 13.2 Å².